The molecule has 3 atom stereocenters. The van der Waals surface area contributed by atoms with Gasteiger partial charge in [-0.15, -0.1) is 0 Å². The van der Waals surface area contributed by atoms with Crippen molar-refractivity contribution in [2.45, 2.75) is 77.4 Å². The number of nitrogens with zero attached hydrogens (tertiary/aromatic N) is 1. The fourth-order valence-corrected chi connectivity index (χ4v) is 4.02. The van der Waals surface area contributed by atoms with E-state index in [4.69, 9.17) is 0 Å². The molecule has 1 aromatic heterocycles. The quantitative estimate of drug-likeness (QED) is 0.519. The molecule has 1 aromatic rings. The number of aromatic amines is 1. The van der Waals surface area contributed by atoms with Crippen LogP contribution in [0, 0.1) is 37.0 Å². The summed E-state index contributed by atoms with van der Waals surface area (Å²) >= 11 is 0. The van der Waals surface area contributed by atoms with Gasteiger partial charge in [0.1, 0.15) is 17.8 Å². The van der Waals surface area contributed by atoms with E-state index in [1.807, 2.05) is 27.7 Å². The zero-order chi connectivity index (χ0) is 22.1. The Morgan fingerprint density at radius 2 is 1.97 bits per heavy atom. The van der Waals surface area contributed by atoms with Gasteiger partial charge in [0.25, 0.3) is 5.91 Å². The molecule has 1 aliphatic heterocycles. The smallest absolute Gasteiger partial charge is 0.268 e. The Morgan fingerprint density at radius 3 is 2.47 bits per heavy atom. The third-order valence-corrected chi connectivity index (χ3v) is 5.99. The number of aryl methyl sites for hydroxylation is 2. The predicted octanol–water partition coefficient (Wildman–Crippen LogP) is 1.84. The van der Waals surface area contributed by atoms with Crippen LogP contribution in [0.2, 0.25) is 0 Å². The molecule has 0 bridgehead atoms. The topological polar surface area (TPSA) is 127 Å². The fourth-order valence-electron chi connectivity index (χ4n) is 4.02. The molecule has 1 saturated heterocycles. The molecule has 0 aromatic carbocycles. The first-order valence-corrected chi connectivity index (χ1v) is 10.6. The second-order valence-electron chi connectivity index (χ2n) is 9.40. The van der Waals surface area contributed by atoms with Gasteiger partial charge in [-0.2, -0.15) is 5.26 Å². The maximum Gasteiger partial charge on any atom is 0.268 e. The van der Waals surface area contributed by atoms with Crippen LogP contribution < -0.4 is 16.0 Å². The van der Waals surface area contributed by atoms with Crippen molar-refractivity contribution in [3.8, 4) is 6.07 Å². The highest BCUT2D eigenvalue weighted by molar-refractivity contribution is 5.96. The first-order valence-electron chi connectivity index (χ1n) is 10.6. The van der Waals surface area contributed by atoms with E-state index in [-0.39, 0.29) is 35.6 Å². The zero-order valence-electron chi connectivity index (χ0n) is 18.1. The van der Waals surface area contributed by atoms with Crippen molar-refractivity contribution in [3.63, 3.8) is 0 Å². The van der Waals surface area contributed by atoms with Crippen molar-refractivity contribution in [3.05, 3.63) is 23.0 Å². The van der Waals surface area contributed by atoms with Crippen LogP contribution in [0.3, 0.4) is 0 Å². The molecule has 162 valence electrons. The zero-order valence-corrected chi connectivity index (χ0v) is 18.1. The third-order valence-electron chi connectivity index (χ3n) is 5.99. The van der Waals surface area contributed by atoms with E-state index in [9.17, 15) is 19.6 Å². The number of carbonyl (C=O) groups is 3. The summed E-state index contributed by atoms with van der Waals surface area (Å²) in [5.41, 5.74) is 2.00. The highest BCUT2D eigenvalue weighted by Gasteiger charge is 2.39. The van der Waals surface area contributed by atoms with E-state index < -0.39 is 12.1 Å². The molecule has 3 amide bonds. The molecule has 3 rings (SSSR count). The van der Waals surface area contributed by atoms with E-state index in [0.29, 0.717) is 24.5 Å². The number of rotatable bonds is 8. The Morgan fingerprint density at radius 1 is 1.27 bits per heavy atom. The lowest BCUT2D eigenvalue weighted by atomic mass is 9.92. The predicted molar refractivity (Wildman–Crippen MR) is 111 cm³/mol. The van der Waals surface area contributed by atoms with Crippen molar-refractivity contribution in [1.82, 2.24) is 20.9 Å². The number of nitrogens with one attached hydrogen (secondary N) is 4. The minimum atomic E-state index is -0.782. The van der Waals surface area contributed by atoms with Gasteiger partial charge >= 0.3 is 0 Å². The van der Waals surface area contributed by atoms with Gasteiger partial charge in [-0.3, -0.25) is 14.4 Å². The summed E-state index contributed by atoms with van der Waals surface area (Å²) in [6.45, 7) is 7.68. The molecule has 2 aliphatic rings. The lowest BCUT2D eigenvalue weighted by Gasteiger charge is -2.21. The third kappa shape index (κ3) is 5.41. The second kappa shape index (κ2) is 8.50. The van der Waals surface area contributed by atoms with Gasteiger partial charge in [-0.1, -0.05) is 12.8 Å². The number of hydrogen-bond acceptors (Lipinski definition) is 4. The van der Waals surface area contributed by atoms with Crippen LogP contribution in [0.25, 0.3) is 0 Å². The summed E-state index contributed by atoms with van der Waals surface area (Å²) in [7, 11) is 0. The number of H-pyrrole nitrogens is 1. The van der Waals surface area contributed by atoms with Crippen LogP contribution in [0.15, 0.2) is 6.07 Å². The number of carbonyl (C=O) groups excluding carboxylic acids is 3. The van der Waals surface area contributed by atoms with E-state index in [1.54, 1.807) is 6.07 Å². The lowest BCUT2D eigenvalue weighted by Crippen LogP contribution is -2.50. The number of aromatic nitrogens is 1. The van der Waals surface area contributed by atoms with Crippen LogP contribution >= 0.6 is 0 Å². The van der Waals surface area contributed by atoms with Crippen LogP contribution in [0.1, 0.15) is 67.7 Å². The van der Waals surface area contributed by atoms with Crippen LogP contribution in [0.4, 0.5) is 0 Å². The van der Waals surface area contributed by atoms with Gasteiger partial charge in [0.15, 0.2) is 0 Å². The average molecular weight is 414 g/mol. The van der Waals surface area contributed by atoms with E-state index in [2.05, 4.69) is 27.0 Å². The largest absolute Gasteiger partial charge is 0.354 e. The van der Waals surface area contributed by atoms with Crippen LogP contribution in [-0.2, 0) is 9.59 Å². The van der Waals surface area contributed by atoms with Gasteiger partial charge in [0.05, 0.1) is 6.07 Å². The van der Waals surface area contributed by atoms with Gasteiger partial charge in [0.2, 0.25) is 11.8 Å². The lowest BCUT2D eigenvalue weighted by molar-refractivity contribution is -0.125. The molecule has 2 unspecified atom stereocenters. The molecular formula is C22H31N5O3. The Bertz CT molecular complexity index is 858. The highest BCUT2D eigenvalue weighted by atomic mass is 16.2. The molecule has 1 aliphatic carbocycles. The van der Waals surface area contributed by atoms with Gasteiger partial charge in [-0.25, -0.2) is 0 Å². The summed E-state index contributed by atoms with van der Waals surface area (Å²) < 4.78 is 0. The molecule has 8 heteroatoms. The average Bonchev–Trinajstić information content (AvgIpc) is 3.36. The summed E-state index contributed by atoms with van der Waals surface area (Å²) in [5.74, 6) is -0.701. The van der Waals surface area contributed by atoms with Crippen LogP contribution in [0.5, 0.6) is 0 Å². The van der Waals surface area contributed by atoms with Crippen molar-refractivity contribution in [1.29, 1.82) is 5.26 Å². The van der Waals surface area contributed by atoms with Crippen molar-refractivity contribution in [2.24, 2.45) is 11.8 Å². The molecule has 30 heavy (non-hydrogen) atoms. The standard InChI is InChI=1S/C22H31N5O3/c1-12-7-17(24-13(12)2)21(30)26-18(8-14-5-6-14)20(29)25-16(11-23)9-15-10-22(3,4)27-19(15)28/h7,14-16,18,24H,5-6,8-10H2,1-4H3,(H,25,29)(H,26,30)(H,27,28)/t15?,16-,18?/m0/s1. The molecule has 4 N–H and O–H groups in total. The van der Waals surface area contributed by atoms with Gasteiger partial charge in [0, 0.05) is 17.2 Å². The highest BCUT2D eigenvalue weighted by Crippen LogP contribution is 2.34. The van der Waals surface area contributed by atoms with Crippen molar-refractivity contribution < 1.29 is 14.4 Å². The Hall–Kier alpha value is -2.82. The number of hydrogen-bond donors (Lipinski definition) is 4. The maximum absolute atomic E-state index is 12.9. The number of amides is 3. The SMILES string of the molecule is Cc1cc(C(=O)NC(CC2CC2)C(=O)N[C@H](C#N)CC2CC(C)(C)NC2=O)[nH]c1C. The number of nitriles is 1. The minimum Gasteiger partial charge on any atom is -0.354 e. The first kappa shape index (κ1) is 21.9. The molecule has 0 radical (unpaired) electrons. The molecule has 2 heterocycles. The monoisotopic (exact) mass is 413 g/mol. The van der Waals surface area contributed by atoms with E-state index >= 15 is 0 Å². The normalized spacial score (nSPS) is 22.0. The Labute approximate surface area is 177 Å². The van der Waals surface area contributed by atoms with Gasteiger partial charge in [-0.05, 0) is 64.5 Å². The molecule has 1 saturated carbocycles. The second-order valence-corrected chi connectivity index (χ2v) is 9.40. The van der Waals surface area contributed by atoms with Crippen molar-refractivity contribution in [2.75, 3.05) is 0 Å². The Balaban J connectivity index is 1.63. The first-order chi connectivity index (χ1) is 14.1. The minimum absolute atomic E-state index is 0.0881. The van der Waals surface area contributed by atoms with Gasteiger partial charge < -0.3 is 20.9 Å². The summed E-state index contributed by atoms with van der Waals surface area (Å²) in [6.07, 6.45) is 3.51. The summed E-state index contributed by atoms with van der Waals surface area (Å²) in [6, 6.07) is 2.36. The maximum atomic E-state index is 12.9. The summed E-state index contributed by atoms with van der Waals surface area (Å²) in [5, 5.41) is 18.0. The fraction of sp³-hybridized carbons (Fsp3) is 0.636. The summed E-state index contributed by atoms with van der Waals surface area (Å²) in [4.78, 5) is 40.7. The van der Waals surface area contributed by atoms with Crippen molar-refractivity contribution >= 4 is 17.7 Å². The van der Waals surface area contributed by atoms with E-state index in [1.165, 1.54) is 0 Å². The Kier molecular flexibility index (Phi) is 6.20. The molecule has 0 spiro atoms. The molecular weight excluding hydrogens is 382 g/mol. The van der Waals surface area contributed by atoms with Crippen LogP contribution in [-0.4, -0.2) is 40.3 Å². The molecule has 2 fully saturated rings. The van der Waals surface area contributed by atoms with E-state index in [0.717, 1.165) is 24.1 Å². The molecule has 8 nitrogen and oxygen atoms in total.